The van der Waals surface area contributed by atoms with Gasteiger partial charge < -0.3 is 38.6 Å². The van der Waals surface area contributed by atoms with Crippen LogP contribution in [0.15, 0.2) is 0 Å². The largest absolute Gasteiger partial charge is 0.456 e. The SMILES string of the molecule is CCOC(=O)C#CC(=O)OCC.CCOC(=O)C#CC(=O)OCCCCCCOC(=O)C#CC(=O)OCC.OCCCCCCO. The van der Waals surface area contributed by atoms with E-state index in [1.807, 2.05) is 35.5 Å². The van der Waals surface area contributed by atoms with E-state index in [4.69, 9.17) is 19.7 Å². The Morgan fingerprint density at radius 2 is 0.587 bits per heavy atom. The molecule has 0 aromatic rings. The zero-order chi connectivity index (χ0) is 35.3. The van der Waals surface area contributed by atoms with Crippen molar-refractivity contribution in [2.75, 3.05) is 52.9 Å². The van der Waals surface area contributed by atoms with E-state index < -0.39 is 35.8 Å². The fourth-order valence-electron chi connectivity index (χ4n) is 2.51. The van der Waals surface area contributed by atoms with Crippen molar-refractivity contribution in [1.82, 2.24) is 0 Å². The van der Waals surface area contributed by atoms with Crippen LogP contribution in [0.5, 0.6) is 0 Å². The lowest BCUT2D eigenvalue weighted by molar-refractivity contribution is -0.138. The van der Waals surface area contributed by atoms with Crippen LogP contribution in [-0.2, 0) is 57.2 Å². The van der Waals surface area contributed by atoms with Gasteiger partial charge in [-0.3, -0.25) is 0 Å². The first-order chi connectivity index (χ1) is 22.1. The highest BCUT2D eigenvalue weighted by molar-refractivity contribution is 5.99. The monoisotopic (exact) mass is 654 g/mol. The second kappa shape index (κ2) is 36.6. The zero-order valence-corrected chi connectivity index (χ0v) is 27.1. The maximum atomic E-state index is 11.2. The lowest BCUT2D eigenvalue weighted by atomic mass is 10.2. The van der Waals surface area contributed by atoms with Crippen molar-refractivity contribution in [2.45, 2.75) is 79.1 Å². The van der Waals surface area contributed by atoms with Crippen molar-refractivity contribution in [2.24, 2.45) is 0 Å². The summed E-state index contributed by atoms with van der Waals surface area (Å²) in [5.41, 5.74) is 0. The molecule has 46 heavy (non-hydrogen) atoms. The van der Waals surface area contributed by atoms with Crippen molar-refractivity contribution in [3.8, 4) is 35.5 Å². The van der Waals surface area contributed by atoms with Crippen LogP contribution in [0.4, 0.5) is 0 Å². The van der Waals surface area contributed by atoms with E-state index in [9.17, 15) is 28.8 Å². The molecule has 0 amide bonds. The van der Waals surface area contributed by atoms with Gasteiger partial charge in [0, 0.05) is 48.7 Å². The predicted octanol–water partition coefficient (Wildman–Crippen LogP) is 1.41. The number of hydrogen-bond acceptors (Lipinski definition) is 14. The molecule has 0 aliphatic carbocycles. The minimum absolute atomic E-state index is 0.182. The van der Waals surface area contributed by atoms with E-state index in [1.54, 1.807) is 27.7 Å². The molecule has 0 rings (SSSR count). The molecular formula is C32H46O14. The summed E-state index contributed by atoms with van der Waals surface area (Å²) in [6.07, 6.45) is 6.57. The molecule has 0 aromatic heterocycles. The summed E-state index contributed by atoms with van der Waals surface area (Å²) in [5.74, 6) is 7.50. The number of hydrogen-bond donors (Lipinski definition) is 2. The van der Waals surface area contributed by atoms with E-state index >= 15 is 0 Å². The second-order valence-electron chi connectivity index (χ2n) is 8.18. The third kappa shape index (κ3) is 39.4. The third-order valence-electron chi connectivity index (χ3n) is 4.47. The van der Waals surface area contributed by atoms with Crippen molar-refractivity contribution in [3.05, 3.63) is 0 Å². The summed E-state index contributed by atoms with van der Waals surface area (Å²) >= 11 is 0. The van der Waals surface area contributed by atoms with Crippen molar-refractivity contribution >= 4 is 35.8 Å². The van der Waals surface area contributed by atoms with Gasteiger partial charge in [0.15, 0.2) is 0 Å². The quantitative estimate of drug-likeness (QED) is 0.0796. The standard InChI is InChI=1S/C18H22O8.C8H10O4.C6H14O2/c1-3-23-15(19)9-11-17(21)25-13-7-5-6-8-14-26-18(22)12-10-16(20)24-4-2;1-3-11-7(9)5-6-8(10)12-4-2;7-5-3-1-2-4-6-8/h3-8,13-14H2,1-2H3;3-4H2,1-2H3;7-8H,1-6H2. The third-order valence-corrected chi connectivity index (χ3v) is 4.47. The Morgan fingerprint density at radius 3 is 0.804 bits per heavy atom. The van der Waals surface area contributed by atoms with Crippen LogP contribution in [0.1, 0.15) is 79.1 Å². The van der Waals surface area contributed by atoms with Gasteiger partial charge in [-0.25, -0.2) is 28.8 Å². The average Bonchev–Trinajstić information content (AvgIpc) is 3.02. The molecule has 2 N–H and O–H groups in total. The Labute approximate surface area is 270 Å². The maximum absolute atomic E-state index is 11.2. The van der Waals surface area contributed by atoms with Crippen LogP contribution in [0.3, 0.4) is 0 Å². The number of esters is 6. The summed E-state index contributed by atoms with van der Waals surface area (Å²) < 4.78 is 27.6. The highest BCUT2D eigenvalue weighted by atomic mass is 16.6. The Kier molecular flexibility index (Phi) is 36.5. The normalized spacial score (nSPS) is 8.74. The van der Waals surface area contributed by atoms with E-state index in [-0.39, 0.29) is 52.9 Å². The molecule has 0 atom stereocenters. The van der Waals surface area contributed by atoms with Crippen LogP contribution in [0.25, 0.3) is 0 Å². The van der Waals surface area contributed by atoms with Gasteiger partial charge in [0.2, 0.25) is 0 Å². The van der Waals surface area contributed by atoms with Crippen molar-refractivity contribution in [3.63, 3.8) is 0 Å². The van der Waals surface area contributed by atoms with Crippen LogP contribution >= 0.6 is 0 Å². The first-order valence-electron chi connectivity index (χ1n) is 14.9. The Balaban J connectivity index is -0.000000756. The summed E-state index contributed by atoms with van der Waals surface area (Å²) in [6.45, 7) is 8.39. The smallest absolute Gasteiger partial charge is 0.384 e. The Morgan fingerprint density at radius 1 is 0.370 bits per heavy atom. The minimum atomic E-state index is -0.785. The average molecular weight is 655 g/mol. The molecule has 14 heteroatoms. The topological polar surface area (TPSA) is 198 Å². The summed E-state index contributed by atoms with van der Waals surface area (Å²) in [4.78, 5) is 65.3. The minimum Gasteiger partial charge on any atom is -0.456 e. The molecule has 0 fully saturated rings. The van der Waals surface area contributed by atoms with Gasteiger partial charge in [0.1, 0.15) is 0 Å². The summed E-state index contributed by atoms with van der Waals surface area (Å²) in [7, 11) is 0. The van der Waals surface area contributed by atoms with Gasteiger partial charge in [-0.2, -0.15) is 0 Å². The van der Waals surface area contributed by atoms with Gasteiger partial charge >= 0.3 is 35.8 Å². The number of unbranched alkanes of at least 4 members (excludes halogenated alkanes) is 6. The lowest BCUT2D eigenvalue weighted by Crippen LogP contribution is -2.06. The van der Waals surface area contributed by atoms with Gasteiger partial charge in [-0.15, -0.1) is 0 Å². The van der Waals surface area contributed by atoms with Crippen molar-refractivity contribution in [1.29, 1.82) is 0 Å². The van der Waals surface area contributed by atoms with Crippen LogP contribution in [-0.4, -0.2) is 98.9 Å². The molecule has 0 aliphatic rings. The molecule has 0 radical (unpaired) electrons. The number of aliphatic hydroxyl groups is 2. The number of ether oxygens (including phenoxy) is 6. The Bertz CT molecular complexity index is 982. The number of carbonyl (C=O) groups is 6. The lowest BCUT2D eigenvalue weighted by Gasteiger charge is -2.02. The number of carbonyl (C=O) groups excluding carboxylic acids is 6. The number of rotatable bonds is 16. The predicted molar refractivity (Wildman–Crippen MR) is 163 cm³/mol. The van der Waals surface area contributed by atoms with Gasteiger partial charge in [-0.1, -0.05) is 12.8 Å². The maximum Gasteiger partial charge on any atom is 0.384 e. The molecule has 258 valence electrons. The van der Waals surface area contributed by atoms with E-state index in [0.717, 1.165) is 38.5 Å². The summed E-state index contributed by atoms with van der Waals surface area (Å²) in [5, 5.41) is 16.6. The molecule has 14 nitrogen and oxygen atoms in total. The van der Waals surface area contributed by atoms with Gasteiger partial charge in [0.25, 0.3) is 0 Å². The van der Waals surface area contributed by atoms with Crippen LogP contribution < -0.4 is 0 Å². The second-order valence-corrected chi connectivity index (χ2v) is 8.18. The first kappa shape index (κ1) is 45.8. The fourth-order valence-corrected chi connectivity index (χ4v) is 2.51. The van der Waals surface area contributed by atoms with E-state index in [1.165, 1.54) is 0 Å². The molecule has 0 saturated carbocycles. The fraction of sp³-hybridized carbons (Fsp3) is 0.625. The molecule has 0 spiro atoms. The van der Waals surface area contributed by atoms with Crippen molar-refractivity contribution < 1.29 is 67.4 Å². The van der Waals surface area contributed by atoms with Gasteiger partial charge in [0.05, 0.1) is 39.6 Å². The van der Waals surface area contributed by atoms with Crippen LogP contribution in [0, 0.1) is 35.5 Å². The summed E-state index contributed by atoms with van der Waals surface area (Å²) in [6, 6.07) is 0. The van der Waals surface area contributed by atoms with E-state index in [2.05, 4.69) is 18.9 Å². The zero-order valence-electron chi connectivity index (χ0n) is 27.1. The molecule has 0 aromatic carbocycles. The van der Waals surface area contributed by atoms with E-state index in [0.29, 0.717) is 12.8 Å². The van der Waals surface area contributed by atoms with Gasteiger partial charge in [-0.05, 0) is 66.2 Å². The van der Waals surface area contributed by atoms with Crippen LogP contribution in [0.2, 0.25) is 0 Å². The molecular weight excluding hydrogens is 608 g/mol. The number of aliphatic hydroxyl groups excluding tert-OH is 2. The molecule has 0 saturated heterocycles. The molecule has 0 heterocycles. The first-order valence-corrected chi connectivity index (χ1v) is 14.9. The molecule has 0 aliphatic heterocycles. The molecule has 0 bridgehead atoms. The molecule has 0 unspecified atom stereocenters. The Hall–Kier alpha value is -4.58. The highest BCUT2D eigenvalue weighted by Gasteiger charge is 2.02. The highest BCUT2D eigenvalue weighted by Crippen LogP contribution is 2.01.